The lowest BCUT2D eigenvalue weighted by Gasteiger charge is -2.35. The molecule has 1 fully saturated rings. The molecule has 1 atom stereocenters. The molecule has 0 spiro atoms. The second-order valence-corrected chi connectivity index (χ2v) is 4.34. The van der Waals surface area contributed by atoms with Crippen LogP contribution in [-0.2, 0) is 4.74 Å². The second kappa shape index (κ2) is 5.51. The van der Waals surface area contributed by atoms with E-state index in [1.807, 2.05) is 4.90 Å². The molecule has 98 valence electrons. The van der Waals surface area contributed by atoms with Crippen LogP contribution in [0.5, 0.6) is 0 Å². The first-order valence-corrected chi connectivity index (χ1v) is 5.85. The molecule has 0 radical (unpaired) electrons. The van der Waals surface area contributed by atoms with Crippen molar-refractivity contribution in [3.05, 3.63) is 22.8 Å². The number of morpholine rings is 1. The fraction of sp³-hybridized carbons (Fsp3) is 0.455. The number of halogens is 1. The summed E-state index contributed by atoms with van der Waals surface area (Å²) in [7, 11) is 0. The molecule has 18 heavy (non-hydrogen) atoms. The first-order valence-electron chi connectivity index (χ1n) is 5.47. The van der Waals surface area contributed by atoms with E-state index < -0.39 is 5.97 Å². The molecule has 1 unspecified atom stereocenters. The van der Waals surface area contributed by atoms with Crippen LogP contribution >= 0.6 is 11.6 Å². The summed E-state index contributed by atoms with van der Waals surface area (Å²) in [6.45, 7) is 1.39. The normalized spacial score (nSPS) is 19.9. The van der Waals surface area contributed by atoms with Gasteiger partial charge >= 0.3 is 5.97 Å². The average Bonchev–Trinajstić information content (AvgIpc) is 2.39. The Labute approximate surface area is 109 Å². The molecule has 0 bridgehead atoms. The van der Waals surface area contributed by atoms with Gasteiger partial charge in [-0.2, -0.15) is 0 Å². The predicted molar refractivity (Wildman–Crippen MR) is 65.2 cm³/mol. The number of pyridine rings is 1. The highest BCUT2D eigenvalue weighted by molar-refractivity contribution is 6.33. The van der Waals surface area contributed by atoms with Crippen molar-refractivity contribution in [2.24, 2.45) is 0 Å². The van der Waals surface area contributed by atoms with Gasteiger partial charge in [0, 0.05) is 12.7 Å². The molecule has 2 heterocycles. The van der Waals surface area contributed by atoms with E-state index >= 15 is 0 Å². The van der Waals surface area contributed by atoms with Crippen LogP contribution in [0, 0.1) is 0 Å². The number of hydrogen-bond donors (Lipinski definition) is 2. The molecular weight excluding hydrogens is 260 g/mol. The van der Waals surface area contributed by atoms with Crippen molar-refractivity contribution in [1.29, 1.82) is 0 Å². The quantitative estimate of drug-likeness (QED) is 0.840. The lowest BCUT2D eigenvalue weighted by molar-refractivity contribution is 0.0696. The maximum Gasteiger partial charge on any atom is 0.337 e. The van der Waals surface area contributed by atoms with E-state index in [1.54, 1.807) is 0 Å². The Bertz CT molecular complexity index is 455. The number of carboxylic acids is 1. The van der Waals surface area contributed by atoms with Crippen LogP contribution in [0.2, 0.25) is 5.02 Å². The Morgan fingerprint density at radius 1 is 1.67 bits per heavy atom. The average molecular weight is 273 g/mol. The summed E-state index contributed by atoms with van der Waals surface area (Å²) >= 11 is 5.76. The number of ether oxygens (including phenoxy) is 1. The number of anilines is 1. The minimum Gasteiger partial charge on any atom is -0.478 e. The van der Waals surface area contributed by atoms with Gasteiger partial charge in [0.1, 0.15) is 5.82 Å². The third-order valence-corrected chi connectivity index (χ3v) is 3.11. The lowest BCUT2D eigenvalue weighted by atomic mass is 10.2. The van der Waals surface area contributed by atoms with Crippen LogP contribution in [0.15, 0.2) is 12.3 Å². The van der Waals surface area contributed by atoms with Crippen molar-refractivity contribution in [3.8, 4) is 0 Å². The van der Waals surface area contributed by atoms with Gasteiger partial charge in [-0.05, 0) is 6.07 Å². The highest BCUT2D eigenvalue weighted by Gasteiger charge is 2.24. The van der Waals surface area contributed by atoms with Crippen LogP contribution in [0.3, 0.4) is 0 Å². The van der Waals surface area contributed by atoms with Crippen molar-refractivity contribution < 1.29 is 19.7 Å². The topological polar surface area (TPSA) is 82.9 Å². The van der Waals surface area contributed by atoms with Crippen LogP contribution in [0.4, 0.5) is 5.82 Å². The van der Waals surface area contributed by atoms with Crippen molar-refractivity contribution in [3.63, 3.8) is 0 Å². The third-order valence-electron chi connectivity index (χ3n) is 2.80. The van der Waals surface area contributed by atoms with E-state index in [-0.39, 0.29) is 23.2 Å². The number of carboxylic acid groups (broad SMARTS) is 1. The van der Waals surface area contributed by atoms with Gasteiger partial charge in [0.2, 0.25) is 0 Å². The second-order valence-electron chi connectivity index (χ2n) is 3.93. The first-order chi connectivity index (χ1) is 8.63. The van der Waals surface area contributed by atoms with Gasteiger partial charge in [0.25, 0.3) is 0 Å². The number of rotatable bonds is 3. The molecule has 1 aromatic heterocycles. The van der Waals surface area contributed by atoms with E-state index in [9.17, 15) is 9.90 Å². The van der Waals surface area contributed by atoms with Gasteiger partial charge in [0.15, 0.2) is 0 Å². The Hall–Kier alpha value is -1.37. The van der Waals surface area contributed by atoms with Crippen LogP contribution in [0.25, 0.3) is 0 Å². The highest BCUT2D eigenvalue weighted by atomic mass is 35.5. The Morgan fingerprint density at radius 3 is 3.11 bits per heavy atom. The molecule has 0 aromatic carbocycles. The third kappa shape index (κ3) is 2.55. The fourth-order valence-corrected chi connectivity index (χ4v) is 2.04. The summed E-state index contributed by atoms with van der Waals surface area (Å²) < 4.78 is 5.25. The van der Waals surface area contributed by atoms with Crippen molar-refractivity contribution in [2.75, 3.05) is 31.3 Å². The van der Waals surface area contributed by atoms with E-state index in [1.165, 1.54) is 12.3 Å². The first kappa shape index (κ1) is 13.1. The fourth-order valence-electron chi connectivity index (χ4n) is 1.86. The molecule has 0 aliphatic carbocycles. The minimum absolute atomic E-state index is 0.00449. The van der Waals surface area contributed by atoms with E-state index in [4.69, 9.17) is 21.4 Å². The number of nitrogens with zero attached hydrogens (tertiary/aromatic N) is 2. The summed E-state index contributed by atoms with van der Waals surface area (Å²) in [5.41, 5.74) is 0.00449. The van der Waals surface area contributed by atoms with Crippen molar-refractivity contribution >= 4 is 23.4 Å². The zero-order chi connectivity index (χ0) is 13.1. The Kier molecular flexibility index (Phi) is 4.00. The number of aromatic carboxylic acids is 1. The van der Waals surface area contributed by atoms with Crippen molar-refractivity contribution in [1.82, 2.24) is 4.98 Å². The molecule has 2 rings (SSSR count). The van der Waals surface area contributed by atoms with E-state index in [2.05, 4.69) is 4.98 Å². The predicted octanol–water partition coefficient (Wildman–Crippen LogP) is 0.631. The summed E-state index contributed by atoms with van der Waals surface area (Å²) in [6.07, 6.45) is 1.31. The monoisotopic (exact) mass is 272 g/mol. The van der Waals surface area contributed by atoms with Gasteiger partial charge < -0.3 is 19.8 Å². The molecule has 6 nitrogen and oxygen atoms in total. The van der Waals surface area contributed by atoms with Gasteiger partial charge in [0.05, 0.1) is 36.4 Å². The van der Waals surface area contributed by atoms with E-state index in [0.29, 0.717) is 25.6 Å². The maximum absolute atomic E-state index is 11.0. The molecule has 1 aromatic rings. The van der Waals surface area contributed by atoms with Crippen LogP contribution in [0.1, 0.15) is 10.4 Å². The molecule has 1 aliphatic rings. The summed E-state index contributed by atoms with van der Waals surface area (Å²) in [4.78, 5) is 16.9. The summed E-state index contributed by atoms with van der Waals surface area (Å²) in [5, 5.41) is 18.4. The number of hydrogen-bond acceptors (Lipinski definition) is 5. The molecule has 0 saturated carbocycles. The highest BCUT2D eigenvalue weighted by Crippen LogP contribution is 2.23. The number of carbonyl (C=O) groups is 1. The standard InChI is InChI=1S/C11H13ClN2O4/c12-9-4-13-10(3-8(9)11(16)17)14-1-2-18-6-7(14)5-15/h3-4,7,15H,1-2,5-6H2,(H,16,17). The van der Waals surface area contributed by atoms with Crippen LogP contribution < -0.4 is 4.90 Å². The SMILES string of the molecule is O=C(O)c1cc(N2CCOCC2CO)ncc1Cl. The molecule has 0 amide bonds. The Morgan fingerprint density at radius 2 is 2.44 bits per heavy atom. The maximum atomic E-state index is 11.0. The summed E-state index contributed by atoms with van der Waals surface area (Å²) in [6, 6.07) is 1.20. The smallest absolute Gasteiger partial charge is 0.337 e. The lowest BCUT2D eigenvalue weighted by Crippen LogP contribution is -2.48. The number of aliphatic hydroxyl groups is 1. The van der Waals surface area contributed by atoms with Gasteiger partial charge in [-0.3, -0.25) is 0 Å². The minimum atomic E-state index is -1.10. The molecular formula is C11H13ClN2O4. The van der Waals surface area contributed by atoms with Crippen molar-refractivity contribution in [2.45, 2.75) is 6.04 Å². The Balaban J connectivity index is 2.32. The summed E-state index contributed by atoms with van der Waals surface area (Å²) in [5.74, 6) is -0.614. The molecule has 1 aliphatic heterocycles. The number of aromatic nitrogens is 1. The molecule has 1 saturated heterocycles. The number of aliphatic hydroxyl groups excluding tert-OH is 1. The molecule has 2 N–H and O–H groups in total. The molecule has 7 heteroatoms. The van der Waals surface area contributed by atoms with Gasteiger partial charge in [-0.25, -0.2) is 9.78 Å². The van der Waals surface area contributed by atoms with Gasteiger partial charge in [-0.1, -0.05) is 11.6 Å². The largest absolute Gasteiger partial charge is 0.478 e. The van der Waals surface area contributed by atoms with Crippen LogP contribution in [-0.4, -0.2) is 53.6 Å². The zero-order valence-electron chi connectivity index (χ0n) is 9.54. The zero-order valence-corrected chi connectivity index (χ0v) is 10.3. The van der Waals surface area contributed by atoms with E-state index in [0.717, 1.165) is 0 Å². The van der Waals surface area contributed by atoms with Gasteiger partial charge in [-0.15, -0.1) is 0 Å².